The first-order valence-electron chi connectivity index (χ1n) is 9.64. The number of nitro benzene ring substituents is 1. The van der Waals surface area contributed by atoms with Gasteiger partial charge in [-0.15, -0.1) is 0 Å². The number of para-hydroxylation sites is 1. The molecule has 0 radical (unpaired) electrons. The second-order valence-electron chi connectivity index (χ2n) is 7.05. The maximum absolute atomic E-state index is 12.5. The molecule has 0 unspecified atom stereocenters. The Morgan fingerprint density at radius 3 is 2.58 bits per heavy atom. The second kappa shape index (κ2) is 8.66. The van der Waals surface area contributed by atoms with Gasteiger partial charge in [-0.2, -0.15) is 0 Å². The number of nitro groups is 1. The predicted octanol–water partition coefficient (Wildman–Crippen LogP) is 3.70. The van der Waals surface area contributed by atoms with E-state index in [0.717, 1.165) is 5.56 Å². The molecule has 4 rings (SSSR count). The highest BCUT2D eigenvalue weighted by molar-refractivity contribution is 5.99. The van der Waals surface area contributed by atoms with Gasteiger partial charge in [0.2, 0.25) is 5.91 Å². The highest BCUT2D eigenvalue weighted by Gasteiger charge is 2.26. The summed E-state index contributed by atoms with van der Waals surface area (Å²) >= 11 is 0. The zero-order valence-corrected chi connectivity index (χ0v) is 16.5. The lowest BCUT2D eigenvalue weighted by Gasteiger charge is -2.30. The van der Waals surface area contributed by atoms with Crippen molar-refractivity contribution in [3.05, 3.63) is 94.0 Å². The van der Waals surface area contributed by atoms with Crippen LogP contribution in [0.5, 0.6) is 5.75 Å². The molecule has 3 aromatic rings. The summed E-state index contributed by atoms with van der Waals surface area (Å²) < 4.78 is 5.52. The van der Waals surface area contributed by atoms with Gasteiger partial charge in [0.25, 0.3) is 11.6 Å². The molecule has 8 heteroatoms. The molecule has 3 aromatic carbocycles. The molecule has 8 nitrogen and oxygen atoms in total. The number of anilines is 2. The SMILES string of the molecule is O=C(Cc1ccccc1[N+](=O)[O-])Nc1ccc2c(c1)N(Cc1ccccc1)C(=O)CO2. The lowest BCUT2D eigenvalue weighted by atomic mass is 10.1. The van der Waals surface area contributed by atoms with Crippen LogP contribution in [0.1, 0.15) is 11.1 Å². The van der Waals surface area contributed by atoms with Gasteiger partial charge < -0.3 is 15.0 Å². The van der Waals surface area contributed by atoms with E-state index in [9.17, 15) is 19.7 Å². The molecule has 0 saturated carbocycles. The van der Waals surface area contributed by atoms with E-state index in [-0.39, 0.29) is 24.6 Å². The number of amides is 2. The van der Waals surface area contributed by atoms with Crippen molar-refractivity contribution in [3.63, 3.8) is 0 Å². The van der Waals surface area contributed by atoms with E-state index >= 15 is 0 Å². The zero-order valence-electron chi connectivity index (χ0n) is 16.5. The van der Waals surface area contributed by atoms with Crippen molar-refractivity contribution in [1.29, 1.82) is 0 Å². The molecule has 0 fully saturated rings. The molecule has 0 aromatic heterocycles. The van der Waals surface area contributed by atoms with Crippen LogP contribution in [0.4, 0.5) is 17.1 Å². The third kappa shape index (κ3) is 4.53. The fourth-order valence-corrected chi connectivity index (χ4v) is 3.44. The van der Waals surface area contributed by atoms with Crippen molar-refractivity contribution in [3.8, 4) is 5.75 Å². The average Bonchev–Trinajstić information content (AvgIpc) is 2.77. The van der Waals surface area contributed by atoms with Crippen LogP contribution in [-0.4, -0.2) is 23.3 Å². The van der Waals surface area contributed by atoms with Crippen molar-refractivity contribution < 1.29 is 19.2 Å². The van der Waals surface area contributed by atoms with Crippen LogP contribution in [-0.2, 0) is 22.6 Å². The van der Waals surface area contributed by atoms with E-state index in [1.165, 1.54) is 6.07 Å². The van der Waals surface area contributed by atoms with Gasteiger partial charge in [-0.3, -0.25) is 19.7 Å². The van der Waals surface area contributed by atoms with E-state index in [1.54, 1.807) is 41.3 Å². The van der Waals surface area contributed by atoms with Crippen LogP contribution < -0.4 is 15.0 Å². The Morgan fingerprint density at radius 1 is 1.06 bits per heavy atom. The third-order valence-electron chi connectivity index (χ3n) is 4.91. The number of ether oxygens (including phenoxy) is 1. The molecule has 2 amide bonds. The maximum atomic E-state index is 12.5. The highest BCUT2D eigenvalue weighted by atomic mass is 16.6. The van der Waals surface area contributed by atoms with Crippen molar-refractivity contribution in [2.75, 3.05) is 16.8 Å². The Morgan fingerprint density at radius 2 is 1.81 bits per heavy atom. The first-order valence-corrected chi connectivity index (χ1v) is 9.64. The van der Waals surface area contributed by atoms with Crippen LogP contribution in [0.3, 0.4) is 0 Å². The Hall–Kier alpha value is -4.20. The molecule has 31 heavy (non-hydrogen) atoms. The topological polar surface area (TPSA) is 102 Å². The van der Waals surface area contributed by atoms with Crippen molar-refractivity contribution in [2.24, 2.45) is 0 Å². The van der Waals surface area contributed by atoms with E-state index < -0.39 is 10.8 Å². The summed E-state index contributed by atoms with van der Waals surface area (Å²) in [6.45, 7) is 0.326. The molecular weight excluding hydrogens is 398 g/mol. The normalized spacial score (nSPS) is 12.6. The summed E-state index contributed by atoms with van der Waals surface area (Å²) in [4.78, 5) is 37.3. The van der Waals surface area contributed by atoms with Gasteiger partial charge in [0.15, 0.2) is 6.61 Å². The van der Waals surface area contributed by atoms with Crippen LogP contribution in [0.25, 0.3) is 0 Å². The summed E-state index contributed by atoms with van der Waals surface area (Å²) in [5.41, 5.74) is 2.22. The molecule has 0 bridgehead atoms. The van der Waals surface area contributed by atoms with Gasteiger partial charge in [-0.25, -0.2) is 0 Å². The number of rotatable bonds is 6. The Kier molecular flexibility index (Phi) is 5.61. The lowest BCUT2D eigenvalue weighted by molar-refractivity contribution is -0.385. The number of nitrogens with one attached hydrogen (secondary N) is 1. The molecule has 1 aliphatic heterocycles. The van der Waals surface area contributed by atoms with Gasteiger partial charge in [0, 0.05) is 17.3 Å². The minimum Gasteiger partial charge on any atom is -0.482 e. The van der Waals surface area contributed by atoms with E-state index in [0.29, 0.717) is 29.2 Å². The number of carbonyl (C=O) groups excluding carboxylic acids is 2. The van der Waals surface area contributed by atoms with Crippen LogP contribution in [0.15, 0.2) is 72.8 Å². The Labute approximate surface area is 178 Å². The fourth-order valence-electron chi connectivity index (χ4n) is 3.44. The second-order valence-corrected chi connectivity index (χ2v) is 7.05. The third-order valence-corrected chi connectivity index (χ3v) is 4.91. The Bertz CT molecular complexity index is 1150. The van der Waals surface area contributed by atoms with Crippen LogP contribution in [0, 0.1) is 10.1 Å². The van der Waals surface area contributed by atoms with Crippen molar-refractivity contribution in [1.82, 2.24) is 0 Å². The van der Waals surface area contributed by atoms with E-state index in [4.69, 9.17) is 4.74 Å². The van der Waals surface area contributed by atoms with Gasteiger partial charge in [-0.05, 0) is 23.8 Å². The number of hydrogen-bond acceptors (Lipinski definition) is 5. The lowest BCUT2D eigenvalue weighted by Crippen LogP contribution is -2.38. The quantitative estimate of drug-likeness (QED) is 0.487. The van der Waals surface area contributed by atoms with Gasteiger partial charge in [0.05, 0.1) is 23.6 Å². The smallest absolute Gasteiger partial charge is 0.273 e. The zero-order chi connectivity index (χ0) is 21.8. The largest absolute Gasteiger partial charge is 0.482 e. The molecule has 1 aliphatic rings. The first kappa shape index (κ1) is 20.1. The van der Waals surface area contributed by atoms with Crippen molar-refractivity contribution in [2.45, 2.75) is 13.0 Å². The number of hydrogen-bond donors (Lipinski definition) is 1. The Balaban J connectivity index is 1.54. The minimum absolute atomic E-state index is 0.0524. The first-order chi connectivity index (χ1) is 15.0. The maximum Gasteiger partial charge on any atom is 0.273 e. The summed E-state index contributed by atoms with van der Waals surface area (Å²) in [7, 11) is 0. The van der Waals surface area contributed by atoms with Gasteiger partial charge >= 0.3 is 0 Å². The molecule has 1 heterocycles. The minimum atomic E-state index is -0.508. The number of benzene rings is 3. The summed E-state index contributed by atoms with van der Waals surface area (Å²) in [6, 6.07) is 20.7. The molecular formula is C23H19N3O5. The standard InChI is InChI=1S/C23H19N3O5/c27-22(12-17-8-4-5-9-19(17)26(29)30)24-18-10-11-21-20(13-18)25(23(28)15-31-21)14-16-6-2-1-3-7-16/h1-11,13H,12,14-15H2,(H,24,27). The predicted molar refractivity (Wildman–Crippen MR) is 115 cm³/mol. The monoisotopic (exact) mass is 417 g/mol. The molecule has 1 N–H and O–H groups in total. The number of fused-ring (bicyclic) bond motifs is 1. The molecule has 0 saturated heterocycles. The van der Waals surface area contributed by atoms with Gasteiger partial charge in [0.1, 0.15) is 5.75 Å². The van der Waals surface area contributed by atoms with Crippen LogP contribution >= 0.6 is 0 Å². The summed E-state index contributed by atoms with van der Waals surface area (Å²) in [5, 5.41) is 13.9. The van der Waals surface area contributed by atoms with Crippen LogP contribution in [0.2, 0.25) is 0 Å². The van der Waals surface area contributed by atoms with Gasteiger partial charge in [-0.1, -0.05) is 48.5 Å². The number of nitrogens with zero attached hydrogens (tertiary/aromatic N) is 2. The molecule has 0 atom stereocenters. The fraction of sp³-hybridized carbons (Fsp3) is 0.130. The van der Waals surface area contributed by atoms with E-state index in [2.05, 4.69) is 5.32 Å². The summed E-state index contributed by atoms with van der Waals surface area (Å²) in [6.07, 6.45) is -0.141. The van der Waals surface area contributed by atoms with Crippen molar-refractivity contribution >= 4 is 28.9 Å². The molecule has 0 spiro atoms. The van der Waals surface area contributed by atoms with E-state index in [1.807, 2.05) is 30.3 Å². The molecule has 156 valence electrons. The summed E-state index contributed by atoms with van der Waals surface area (Å²) in [5.74, 6) is -0.0288. The average molecular weight is 417 g/mol. The number of carbonyl (C=O) groups is 2. The highest BCUT2D eigenvalue weighted by Crippen LogP contribution is 2.35. The molecule has 0 aliphatic carbocycles.